The smallest absolute Gasteiger partial charge is 0.287 e. The first-order valence-corrected chi connectivity index (χ1v) is 4.55. The van der Waals surface area contributed by atoms with E-state index in [2.05, 4.69) is 5.32 Å². The van der Waals surface area contributed by atoms with Gasteiger partial charge < -0.3 is 9.73 Å². The maximum Gasteiger partial charge on any atom is 0.287 e. The molecule has 1 aromatic heterocycles. The predicted octanol–water partition coefficient (Wildman–Crippen LogP) is 2.24. The monoisotopic (exact) mass is 207 g/mol. The van der Waals surface area contributed by atoms with Crippen molar-refractivity contribution in [2.45, 2.75) is 6.92 Å². The molecule has 2 rings (SSSR count). The van der Waals surface area contributed by atoms with E-state index in [4.69, 9.17) is 4.42 Å². The van der Waals surface area contributed by atoms with Crippen molar-refractivity contribution in [3.8, 4) is 0 Å². The molecule has 0 saturated carbocycles. The maximum absolute atomic E-state index is 13.3. The lowest BCUT2D eigenvalue weighted by Crippen LogP contribution is -2.17. The number of carbonyl (C=O) groups excluding carboxylic acids is 1. The van der Waals surface area contributed by atoms with Gasteiger partial charge in [-0.05, 0) is 13.0 Å². The van der Waals surface area contributed by atoms with Gasteiger partial charge in [-0.3, -0.25) is 4.79 Å². The fraction of sp³-hybridized carbons (Fsp3) is 0.182. The summed E-state index contributed by atoms with van der Waals surface area (Å²) in [5.41, 5.74) is 0.789. The zero-order valence-electron chi connectivity index (χ0n) is 8.43. The second-order valence-electron chi connectivity index (χ2n) is 3.25. The van der Waals surface area contributed by atoms with Gasteiger partial charge in [-0.25, -0.2) is 4.39 Å². The summed E-state index contributed by atoms with van der Waals surface area (Å²) in [6.45, 7) is 1.73. The summed E-state index contributed by atoms with van der Waals surface area (Å²) >= 11 is 0. The molecule has 78 valence electrons. The highest BCUT2D eigenvalue weighted by Crippen LogP contribution is 2.26. The third kappa shape index (κ3) is 1.38. The van der Waals surface area contributed by atoms with E-state index >= 15 is 0 Å². The first-order chi connectivity index (χ1) is 7.15. The highest BCUT2D eigenvalue weighted by molar-refractivity contribution is 5.98. The molecule has 0 spiro atoms. The van der Waals surface area contributed by atoms with Gasteiger partial charge in [-0.1, -0.05) is 12.1 Å². The molecule has 0 aliphatic rings. The summed E-state index contributed by atoms with van der Waals surface area (Å²) in [6, 6.07) is 4.62. The Bertz CT molecular complexity index is 531. The van der Waals surface area contributed by atoms with Crippen LogP contribution in [0.3, 0.4) is 0 Å². The molecule has 1 amide bonds. The first-order valence-electron chi connectivity index (χ1n) is 4.55. The fourth-order valence-electron chi connectivity index (χ4n) is 1.54. The Morgan fingerprint density at radius 2 is 2.20 bits per heavy atom. The van der Waals surface area contributed by atoms with Crippen molar-refractivity contribution >= 4 is 16.9 Å². The SMILES string of the molecule is CNC(=O)c1oc2c(F)cccc2c1C. The van der Waals surface area contributed by atoms with Gasteiger partial charge in [0.25, 0.3) is 5.91 Å². The van der Waals surface area contributed by atoms with E-state index in [1.807, 2.05) is 0 Å². The van der Waals surface area contributed by atoms with E-state index in [0.717, 1.165) is 0 Å². The normalized spacial score (nSPS) is 10.6. The molecule has 0 radical (unpaired) electrons. The third-order valence-corrected chi connectivity index (χ3v) is 2.35. The molecule has 1 N–H and O–H groups in total. The van der Waals surface area contributed by atoms with Crippen LogP contribution in [0.5, 0.6) is 0 Å². The number of nitrogens with one attached hydrogen (secondary N) is 1. The third-order valence-electron chi connectivity index (χ3n) is 2.35. The van der Waals surface area contributed by atoms with Crippen molar-refractivity contribution in [3.63, 3.8) is 0 Å². The summed E-state index contributed by atoms with van der Waals surface area (Å²) in [5, 5.41) is 3.08. The highest BCUT2D eigenvalue weighted by atomic mass is 19.1. The molecule has 0 saturated heterocycles. The van der Waals surface area contributed by atoms with Crippen LogP contribution in [0.4, 0.5) is 4.39 Å². The second kappa shape index (κ2) is 3.38. The van der Waals surface area contributed by atoms with Crippen LogP contribution in [-0.2, 0) is 0 Å². The number of amides is 1. The minimum absolute atomic E-state index is 0.133. The van der Waals surface area contributed by atoms with E-state index < -0.39 is 5.82 Å². The number of hydrogen-bond donors (Lipinski definition) is 1. The van der Waals surface area contributed by atoms with E-state index in [9.17, 15) is 9.18 Å². The molecule has 0 bridgehead atoms. The zero-order chi connectivity index (χ0) is 11.0. The van der Waals surface area contributed by atoms with Crippen molar-refractivity contribution < 1.29 is 13.6 Å². The molecule has 0 aliphatic heterocycles. The van der Waals surface area contributed by atoms with Crippen molar-refractivity contribution in [1.82, 2.24) is 5.32 Å². The van der Waals surface area contributed by atoms with Crippen LogP contribution in [0.15, 0.2) is 22.6 Å². The summed E-state index contributed by atoms with van der Waals surface area (Å²) in [4.78, 5) is 11.4. The lowest BCUT2D eigenvalue weighted by Gasteiger charge is -1.94. The molecule has 0 atom stereocenters. The molecule has 0 unspecified atom stereocenters. The Labute approximate surface area is 85.9 Å². The molecule has 1 heterocycles. The molecule has 0 fully saturated rings. The van der Waals surface area contributed by atoms with Crippen LogP contribution >= 0.6 is 0 Å². The van der Waals surface area contributed by atoms with Crippen molar-refractivity contribution in [1.29, 1.82) is 0 Å². The first kappa shape index (κ1) is 9.71. The van der Waals surface area contributed by atoms with Crippen LogP contribution in [-0.4, -0.2) is 13.0 Å². The molecule has 3 nitrogen and oxygen atoms in total. The highest BCUT2D eigenvalue weighted by Gasteiger charge is 2.17. The molecular formula is C11H10FNO2. The average molecular weight is 207 g/mol. The van der Waals surface area contributed by atoms with Crippen LogP contribution < -0.4 is 5.32 Å². The Kier molecular flexibility index (Phi) is 2.19. The van der Waals surface area contributed by atoms with Crippen LogP contribution in [0.25, 0.3) is 11.0 Å². The van der Waals surface area contributed by atoms with E-state index in [1.165, 1.54) is 13.1 Å². The molecular weight excluding hydrogens is 197 g/mol. The summed E-state index contributed by atoms with van der Waals surface area (Å²) in [7, 11) is 1.51. The minimum atomic E-state index is -0.453. The molecule has 1 aromatic carbocycles. The van der Waals surface area contributed by atoms with Crippen LogP contribution in [0, 0.1) is 12.7 Å². The van der Waals surface area contributed by atoms with Gasteiger partial charge in [0, 0.05) is 18.0 Å². The number of furan rings is 1. The van der Waals surface area contributed by atoms with Gasteiger partial charge in [0.1, 0.15) is 0 Å². The quantitative estimate of drug-likeness (QED) is 0.779. The van der Waals surface area contributed by atoms with Crippen molar-refractivity contribution in [2.75, 3.05) is 7.05 Å². The second-order valence-corrected chi connectivity index (χ2v) is 3.25. The molecule has 4 heteroatoms. The van der Waals surface area contributed by atoms with Gasteiger partial charge in [0.15, 0.2) is 17.2 Å². The largest absolute Gasteiger partial charge is 0.448 e. The Hall–Kier alpha value is -1.84. The Balaban J connectivity index is 2.75. The number of hydrogen-bond acceptors (Lipinski definition) is 2. The van der Waals surface area contributed by atoms with Crippen LogP contribution in [0.2, 0.25) is 0 Å². The minimum Gasteiger partial charge on any atom is -0.448 e. The number of rotatable bonds is 1. The summed E-state index contributed by atoms with van der Waals surface area (Å²) < 4.78 is 18.5. The van der Waals surface area contributed by atoms with Gasteiger partial charge >= 0.3 is 0 Å². The number of carbonyl (C=O) groups is 1. The topological polar surface area (TPSA) is 42.2 Å². The lowest BCUT2D eigenvalue weighted by molar-refractivity contribution is 0.0937. The molecule has 0 aliphatic carbocycles. The van der Waals surface area contributed by atoms with Crippen LogP contribution in [0.1, 0.15) is 16.1 Å². The van der Waals surface area contributed by atoms with E-state index in [0.29, 0.717) is 10.9 Å². The zero-order valence-corrected chi connectivity index (χ0v) is 8.43. The maximum atomic E-state index is 13.3. The van der Waals surface area contributed by atoms with Crippen molar-refractivity contribution in [3.05, 3.63) is 35.3 Å². The number of halogens is 1. The number of benzene rings is 1. The molecule has 15 heavy (non-hydrogen) atoms. The predicted molar refractivity (Wildman–Crippen MR) is 54.3 cm³/mol. The Morgan fingerprint density at radius 3 is 2.80 bits per heavy atom. The van der Waals surface area contributed by atoms with E-state index in [-0.39, 0.29) is 17.3 Å². The summed E-state index contributed by atoms with van der Waals surface area (Å²) in [5.74, 6) is -0.633. The van der Waals surface area contributed by atoms with Gasteiger partial charge in [0.05, 0.1) is 0 Å². The van der Waals surface area contributed by atoms with Gasteiger partial charge in [-0.15, -0.1) is 0 Å². The number of fused-ring (bicyclic) bond motifs is 1. The average Bonchev–Trinajstić information content (AvgIpc) is 2.57. The molecule has 2 aromatic rings. The lowest BCUT2D eigenvalue weighted by atomic mass is 10.1. The summed E-state index contributed by atoms with van der Waals surface area (Å²) in [6.07, 6.45) is 0. The standard InChI is InChI=1S/C11H10FNO2/c1-6-7-4-3-5-8(12)10(7)15-9(6)11(14)13-2/h3-5H,1-2H3,(H,13,14). The van der Waals surface area contributed by atoms with Gasteiger partial charge in [0.2, 0.25) is 0 Å². The number of para-hydroxylation sites is 1. The van der Waals surface area contributed by atoms with E-state index in [1.54, 1.807) is 19.1 Å². The number of aryl methyl sites for hydroxylation is 1. The fourth-order valence-corrected chi connectivity index (χ4v) is 1.54. The van der Waals surface area contributed by atoms with Crippen molar-refractivity contribution in [2.24, 2.45) is 0 Å². The van der Waals surface area contributed by atoms with Gasteiger partial charge in [-0.2, -0.15) is 0 Å². The Morgan fingerprint density at radius 1 is 1.47 bits per heavy atom.